The first-order valence-corrected chi connectivity index (χ1v) is 6.86. The number of rotatable bonds is 1. The van der Waals surface area contributed by atoms with Gasteiger partial charge in [-0.2, -0.15) is 0 Å². The van der Waals surface area contributed by atoms with Crippen molar-refractivity contribution in [2.45, 2.75) is 37.3 Å². The van der Waals surface area contributed by atoms with Crippen LogP contribution in [0.4, 0.5) is 9.18 Å². The summed E-state index contributed by atoms with van der Waals surface area (Å²) in [6.45, 7) is 0. The average Bonchev–Trinajstić information content (AvgIpc) is 2.45. The number of nitrogens with one attached hydrogen (secondary N) is 1. The molecule has 1 amide bonds. The Kier molecular flexibility index (Phi) is 4.81. The first-order chi connectivity index (χ1) is 10.0. The van der Waals surface area contributed by atoms with Gasteiger partial charge in [0, 0.05) is 18.0 Å². The van der Waals surface area contributed by atoms with Gasteiger partial charge in [0.15, 0.2) is 0 Å². The molecular weight excluding hydrogens is 273 g/mol. The normalized spacial score (nSPS) is 24.6. The molecule has 0 aliphatic heterocycles. The summed E-state index contributed by atoms with van der Waals surface area (Å²) in [6.07, 6.45) is 1.89. The maximum atomic E-state index is 13.1. The van der Waals surface area contributed by atoms with Crippen molar-refractivity contribution in [1.82, 2.24) is 5.32 Å². The molecule has 21 heavy (non-hydrogen) atoms. The Balaban J connectivity index is 2.06. The molecule has 1 saturated carbocycles. The van der Waals surface area contributed by atoms with E-state index in [1.165, 1.54) is 19.2 Å². The third kappa shape index (κ3) is 4.47. The van der Waals surface area contributed by atoms with Crippen molar-refractivity contribution in [2.24, 2.45) is 0 Å². The van der Waals surface area contributed by atoms with E-state index in [1.54, 1.807) is 12.1 Å². The van der Waals surface area contributed by atoms with Crippen molar-refractivity contribution in [3.8, 4) is 11.8 Å². The van der Waals surface area contributed by atoms with E-state index in [9.17, 15) is 14.3 Å². The van der Waals surface area contributed by atoms with Gasteiger partial charge in [-0.05, 0) is 37.5 Å². The summed E-state index contributed by atoms with van der Waals surface area (Å²) in [4.78, 5) is 11.2. The van der Waals surface area contributed by atoms with Crippen molar-refractivity contribution in [1.29, 1.82) is 0 Å². The molecule has 2 atom stereocenters. The molecule has 0 aromatic heterocycles. The van der Waals surface area contributed by atoms with Crippen LogP contribution in [0, 0.1) is 17.7 Å². The number of aliphatic hydroxyl groups is 1. The molecule has 4 nitrogen and oxygen atoms in total. The van der Waals surface area contributed by atoms with Gasteiger partial charge in [-0.1, -0.05) is 17.9 Å². The van der Waals surface area contributed by atoms with Crippen LogP contribution in [0.1, 0.15) is 31.2 Å². The second-order valence-electron chi connectivity index (χ2n) is 5.22. The zero-order valence-corrected chi connectivity index (χ0v) is 11.9. The highest BCUT2D eigenvalue weighted by Gasteiger charge is 2.33. The van der Waals surface area contributed by atoms with Crippen molar-refractivity contribution >= 4 is 6.09 Å². The van der Waals surface area contributed by atoms with Gasteiger partial charge < -0.3 is 15.2 Å². The molecule has 1 fully saturated rings. The van der Waals surface area contributed by atoms with Crippen LogP contribution in [0.15, 0.2) is 24.3 Å². The molecule has 0 radical (unpaired) electrons. The van der Waals surface area contributed by atoms with Crippen LogP contribution in [-0.4, -0.2) is 30.0 Å². The van der Waals surface area contributed by atoms with Crippen LogP contribution in [0.2, 0.25) is 0 Å². The number of hydrogen-bond acceptors (Lipinski definition) is 3. The third-order valence-electron chi connectivity index (χ3n) is 3.50. The minimum absolute atomic E-state index is 0.169. The predicted octanol–water partition coefficient (Wildman–Crippen LogP) is 2.21. The summed E-state index contributed by atoms with van der Waals surface area (Å²) in [5, 5.41) is 13.2. The van der Waals surface area contributed by atoms with Gasteiger partial charge in [0.2, 0.25) is 0 Å². The molecule has 5 heteroatoms. The lowest BCUT2D eigenvalue weighted by molar-refractivity contribution is 0.0462. The largest absolute Gasteiger partial charge is 0.453 e. The summed E-state index contributed by atoms with van der Waals surface area (Å²) in [7, 11) is 1.30. The Morgan fingerprint density at radius 3 is 3.10 bits per heavy atom. The maximum absolute atomic E-state index is 13.1. The molecule has 0 bridgehead atoms. The quantitative estimate of drug-likeness (QED) is 0.780. The Bertz CT molecular complexity index is 578. The van der Waals surface area contributed by atoms with Gasteiger partial charge in [0.05, 0.1) is 7.11 Å². The lowest BCUT2D eigenvalue weighted by Gasteiger charge is -2.33. The lowest BCUT2D eigenvalue weighted by Crippen LogP contribution is -2.45. The average molecular weight is 291 g/mol. The van der Waals surface area contributed by atoms with Crippen LogP contribution in [0.5, 0.6) is 0 Å². The Morgan fingerprint density at radius 2 is 2.38 bits per heavy atom. The second-order valence-corrected chi connectivity index (χ2v) is 5.22. The fourth-order valence-corrected chi connectivity index (χ4v) is 2.47. The van der Waals surface area contributed by atoms with Gasteiger partial charge in [-0.25, -0.2) is 9.18 Å². The first-order valence-electron chi connectivity index (χ1n) is 6.86. The van der Waals surface area contributed by atoms with E-state index in [1.807, 2.05) is 0 Å². The highest BCUT2D eigenvalue weighted by molar-refractivity contribution is 5.67. The zero-order chi connectivity index (χ0) is 15.3. The topological polar surface area (TPSA) is 58.6 Å². The van der Waals surface area contributed by atoms with Crippen molar-refractivity contribution in [3.63, 3.8) is 0 Å². The van der Waals surface area contributed by atoms with E-state index in [0.29, 0.717) is 18.4 Å². The molecule has 0 spiro atoms. The Labute approximate surface area is 123 Å². The molecule has 1 aliphatic rings. The summed E-state index contributed by atoms with van der Waals surface area (Å²) in [5.74, 6) is 5.25. The smallest absolute Gasteiger partial charge is 0.407 e. The Hall–Kier alpha value is -2.06. The fourth-order valence-electron chi connectivity index (χ4n) is 2.47. The SMILES string of the molecule is COC(=O)NC1CCCC(O)(C#Cc2cccc(F)c2)C1. The third-order valence-corrected chi connectivity index (χ3v) is 3.50. The molecule has 0 saturated heterocycles. The molecule has 0 heterocycles. The lowest BCUT2D eigenvalue weighted by atomic mass is 9.82. The maximum Gasteiger partial charge on any atom is 0.407 e. The minimum atomic E-state index is -1.17. The number of hydrogen-bond donors (Lipinski definition) is 2. The van der Waals surface area contributed by atoms with Gasteiger partial charge in [0.1, 0.15) is 11.4 Å². The minimum Gasteiger partial charge on any atom is -0.453 e. The molecule has 1 aromatic carbocycles. The summed E-state index contributed by atoms with van der Waals surface area (Å²) in [6, 6.07) is 5.76. The summed E-state index contributed by atoms with van der Waals surface area (Å²) in [5.41, 5.74) is -0.650. The molecule has 2 unspecified atom stereocenters. The number of amides is 1. The number of methoxy groups -OCH3 is 1. The summed E-state index contributed by atoms with van der Waals surface area (Å²) < 4.78 is 17.6. The van der Waals surface area contributed by atoms with Crippen molar-refractivity contribution < 1.29 is 19.0 Å². The van der Waals surface area contributed by atoms with Gasteiger partial charge >= 0.3 is 6.09 Å². The van der Waals surface area contributed by atoms with Gasteiger partial charge in [0.25, 0.3) is 0 Å². The Morgan fingerprint density at radius 1 is 1.57 bits per heavy atom. The molecule has 112 valence electrons. The van der Waals surface area contributed by atoms with E-state index in [4.69, 9.17) is 0 Å². The van der Waals surface area contributed by atoms with Crippen LogP contribution >= 0.6 is 0 Å². The molecule has 1 aromatic rings. The number of carbonyl (C=O) groups excluding carboxylic acids is 1. The van der Waals surface area contributed by atoms with E-state index in [-0.39, 0.29) is 11.9 Å². The first kappa shape index (κ1) is 15.3. The zero-order valence-electron chi connectivity index (χ0n) is 11.9. The van der Waals surface area contributed by atoms with E-state index in [2.05, 4.69) is 21.9 Å². The van der Waals surface area contributed by atoms with Gasteiger partial charge in [-0.3, -0.25) is 0 Å². The molecule has 2 rings (SSSR count). The number of ether oxygens (including phenoxy) is 1. The molecular formula is C16H18FNO3. The highest BCUT2D eigenvalue weighted by Crippen LogP contribution is 2.28. The van der Waals surface area contributed by atoms with E-state index < -0.39 is 11.7 Å². The standard InChI is InChI=1S/C16H18FNO3/c1-21-15(19)18-14-6-3-8-16(20,11-14)9-7-12-4-2-5-13(17)10-12/h2,4-5,10,14,20H,3,6,8,11H2,1H3,(H,18,19). The number of carbonyl (C=O) groups is 1. The highest BCUT2D eigenvalue weighted by atomic mass is 19.1. The van der Waals surface area contributed by atoms with Crippen LogP contribution in [-0.2, 0) is 4.74 Å². The number of benzene rings is 1. The van der Waals surface area contributed by atoms with E-state index >= 15 is 0 Å². The van der Waals surface area contributed by atoms with Crippen LogP contribution in [0.25, 0.3) is 0 Å². The molecule has 2 N–H and O–H groups in total. The predicted molar refractivity (Wildman–Crippen MR) is 76.0 cm³/mol. The van der Waals surface area contributed by atoms with Gasteiger partial charge in [-0.15, -0.1) is 0 Å². The monoisotopic (exact) mass is 291 g/mol. The van der Waals surface area contributed by atoms with E-state index in [0.717, 1.165) is 12.8 Å². The number of halogens is 1. The van der Waals surface area contributed by atoms with Crippen molar-refractivity contribution in [2.75, 3.05) is 7.11 Å². The summed E-state index contributed by atoms with van der Waals surface area (Å²) >= 11 is 0. The van der Waals surface area contributed by atoms with Crippen molar-refractivity contribution in [3.05, 3.63) is 35.6 Å². The fraction of sp³-hybridized carbons (Fsp3) is 0.438. The molecule has 1 aliphatic carbocycles. The van der Waals surface area contributed by atoms with Crippen LogP contribution < -0.4 is 5.32 Å². The number of alkyl carbamates (subject to hydrolysis) is 1. The second kappa shape index (κ2) is 6.59. The van der Waals surface area contributed by atoms with Crippen LogP contribution in [0.3, 0.4) is 0 Å².